The van der Waals surface area contributed by atoms with Crippen LogP contribution in [0.2, 0.25) is 0 Å². The minimum atomic E-state index is -4.36. The summed E-state index contributed by atoms with van der Waals surface area (Å²) in [7, 11) is -2.69. The third-order valence-corrected chi connectivity index (χ3v) is 8.82. The van der Waals surface area contributed by atoms with Crippen LogP contribution in [0.5, 0.6) is 0 Å². The monoisotopic (exact) mass is 677 g/mol. The molecule has 5 aromatic rings. The SMILES string of the molecule is Cn1c2cnccc2c(=O)n1-c1ccc(C[C@H](NC(=O)c2cc(F)c(NS(=O)(=O)c3ccc(N4C=NCN4)cc3)cc2F)C(=O)O)nc1. The molecule has 1 atom stereocenters. The van der Waals surface area contributed by atoms with Gasteiger partial charge < -0.3 is 10.4 Å². The Morgan fingerprint density at radius 2 is 1.79 bits per heavy atom. The summed E-state index contributed by atoms with van der Waals surface area (Å²) in [5.41, 5.74) is 2.78. The first-order chi connectivity index (χ1) is 22.9. The Kier molecular flexibility index (Phi) is 8.42. The van der Waals surface area contributed by atoms with E-state index < -0.39 is 50.8 Å². The van der Waals surface area contributed by atoms with Crippen LogP contribution in [0, 0.1) is 11.6 Å². The summed E-state index contributed by atoms with van der Waals surface area (Å²) >= 11 is 0. The number of aryl methyl sites for hydroxylation is 1. The average Bonchev–Trinajstić information content (AvgIpc) is 3.70. The third kappa shape index (κ3) is 6.20. The zero-order valence-electron chi connectivity index (χ0n) is 24.8. The number of carbonyl (C=O) groups is 2. The maximum Gasteiger partial charge on any atom is 0.326 e. The van der Waals surface area contributed by atoms with Crippen molar-refractivity contribution >= 4 is 50.5 Å². The van der Waals surface area contributed by atoms with Crippen molar-refractivity contribution in [2.45, 2.75) is 17.4 Å². The third-order valence-electron chi connectivity index (χ3n) is 7.44. The molecule has 0 unspecified atom stereocenters. The number of halogens is 2. The van der Waals surface area contributed by atoms with Crippen LogP contribution < -0.4 is 26.0 Å². The maximum atomic E-state index is 15.0. The van der Waals surface area contributed by atoms with Gasteiger partial charge in [0.1, 0.15) is 30.7 Å². The lowest BCUT2D eigenvalue weighted by molar-refractivity contribution is -0.139. The van der Waals surface area contributed by atoms with E-state index in [1.807, 2.05) is 4.72 Å². The maximum absolute atomic E-state index is 15.0. The Morgan fingerprint density at radius 1 is 1.04 bits per heavy atom. The standard InChI is InChI=1S/C30H25F2N9O6S/c1-39-27-14-33-9-8-21(27)29(43)41(39)19-3-2-17(35-13-19)10-26(30(44)45)37-28(42)22-11-24(32)25(12-23(22)31)38-48(46,47)20-6-4-18(5-7-20)40-16-34-15-36-40/h2-9,11-14,16,26,36,38H,10,15H2,1H3,(H,37,42)(H,44,45)/t26-/m0/s1. The lowest BCUT2D eigenvalue weighted by Gasteiger charge is -2.16. The molecule has 246 valence electrons. The first-order valence-corrected chi connectivity index (χ1v) is 15.6. The van der Waals surface area contributed by atoms with Crippen molar-refractivity contribution in [1.82, 2.24) is 30.1 Å². The second-order valence-corrected chi connectivity index (χ2v) is 12.2. The highest BCUT2D eigenvalue weighted by Crippen LogP contribution is 2.24. The first-order valence-electron chi connectivity index (χ1n) is 14.1. The number of aromatic nitrogens is 4. The number of pyridine rings is 2. The van der Waals surface area contributed by atoms with E-state index in [4.69, 9.17) is 0 Å². The number of amides is 1. The molecule has 0 saturated carbocycles. The number of hydrazine groups is 1. The van der Waals surface area contributed by atoms with E-state index >= 15 is 4.39 Å². The molecular formula is C30H25F2N9O6S. The molecule has 18 heteroatoms. The molecule has 48 heavy (non-hydrogen) atoms. The van der Waals surface area contributed by atoms with E-state index in [0.717, 1.165) is 0 Å². The van der Waals surface area contributed by atoms with Gasteiger partial charge in [0.2, 0.25) is 0 Å². The van der Waals surface area contributed by atoms with Crippen molar-refractivity contribution in [3.8, 4) is 5.69 Å². The molecule has 0 fully saturated rings. The lowest BCUT2D eigenvalue weighted by atomic mass is 10.1. The smallest absolute Gasteiger partial charge is 0.326 e. The van der Waals surface area contributed by atoms with Crippen LogP contribution in [0.1, 0.15) is 16.1 Å². The predicted molar refractivity (Wildman–Crippen MR) is 169 cm³/mol. The normalized spacial score (nSPS) is 13.5. The quantitative estimate of drug-likeness (QED) is 0.170. The van der Waals surface area contributed by atoms with Crippen molar-refractivity contribution in [3.63, 3.8) is 0 Å². The number of carboxylic acids is 1. The molecule has 2 aromatic carbocycles. The molecule has 0 saturated heterocycles. The molecule has 0 aliphatic carbocycles. The summed E-state index contributed by atoms with van der Waals surface area (Å²) in [4.78, 5) is 49.7. The molecule has 4 N–H and O–H groups in total. The van der Waals surface area contributed by atoms with Gasteiger partial charge in [-0.2, -0.15) is 0 Å². The van der Waals surface area contributed by atoms with E-state index in [1.54, 1.807) is 35.1 Å². The molecule has 6 rings (SSSR count). The van der Waals surface area contributed by atoms with Gasteiger partial charge in [0.05, 0.1) is 50.8 Å². The molecule has 15 nitrogen and oxygen atoms in total. The van der Waals surface area contributed by atoms with Crippen LogP contribution in [-0.4, -0.2) is 63.8 Å². The largest absolute Gasteiger partial charge is 0.480 e. The minimum Gasteiger partial charge on any atom is -0.480 e. The van der Waals surface area contributed by atoms with Crippen molar-refractivity contribution < 1.29 is 31.9 Å². The fourth-order valence-electron chi connectivity index (χ4n) is 5.01. The van der Waals surface area contributed by atoms with Gasteiger partial charge in [-0.25, -0.2) is 32.1 Å². The second kappa shape index (κ2) is 12.6. The number of rotatable bonds is 10. The summed E-state index contributed by atoms with van der Waals surface area (Å²) in [6.45, 7) is 0.360. The number of nitrogens with one attached hydrogen (secondary N) is 3. The molecular weight excluding hydrogens is 652 g/mol. The Balaban J connectivity index is 1.15. The molecule has 1 aliphatic rings. The van der Waals surface area contributed by atoms with Crippen molar-refractivity contribution in [1.29, 1.82) is 0 Å². The molecule has 0 radical (unpaired) electrons. The Hall–Kier alpha value is -6.01. The number of anilines is 2. The molecule has 3 aromatic heterocycles. The number of nitrogens with zero attached hydrogens (tertiary/aromatic N) is 6. The molecule has 0 bridgehead atoms. The lowest BCUT2D eigenvalue weighted by Crippen LogP contribution is -2.42. The second-order valence-electron chi connectivity index (χ2n) is 10.5. The summed E-state index contributed by atoms with van der Waals surface area (Å²) in [6, 6.07) is 9.43. The van der Waals surface area contributed by atoms with E-state index in [2.05, 4.69) is 25.7 Å². The van der Waals surface area contributed by atoms with Crippen molar-refractivity contribution in [2.75, 3.05) is 16.4 Å². The average molecular weight is 678 g/mol. The van der Waals surface area contributed by atoms with Crippen LogP contribution in [0.25, 0.3) is 16.6 Å². The van der Waals surface area contributed by atoms with Crippen LogP contribution in [0.15, 0.2) is 87.9 Å². The Morgan fingerprint density at radius 3 is 2.44 bits per heavy atom. The topological polar surface area (TPSA) is 193 Å². The fourth-order valence-corrected chi connectivity index (χ4v) is 6.07. The molecule has 4 heterocycles. The van der Waals surface area contributed by atoms with E-state index in [9.17, 15) is 32.3 Å². The molecule has 1 amide bonds. The van der Waals surface area contributed by atoms with Gasteiger partial charge in [0.25, 0.3) is 21.5 Å². The van der Waals surface area contributed by atoms with Gasteiger partial charge in [-0.3, -0.25) is 39.0 Å². The number of hydrogen-bond donors (Lipinski definition) is 4. The van der Waals surface area contributed by atoms with E-state index in [1.165, 1.54) is 53.7 Å². The minimum absolute atomic E-state index is 0.217. The van der Waals surface area contributed by atoms with Gasteiger partial charge in [-0.1, -0.05) is 0 Å². The van der Waals surface area contributed by atoms with Crippen LogP contribution in [0.4, 0.5) is 20.2 Å². The van der Waals surface area contributed by atoms with Gasteiger partial charge >= 0.3 is 5.97 Å². The number of hydrogen-bond acceptors (Lipinski definition) is 10. The summed E-state index contributed by atoms with van der Waals surface area (Å²) in [5.74, 6) is -5.31. The van der Waals surface area contributed by atoms with E-state index in [-0.39, 0.29) is 22.6 Å². The zero-order valence-corrected chi connectivity index (χ0v) is 25.6. The number of carbonyl (C=O) groups excluding carboxylic acids is 1. The number of carboxylic acid groups (broad SMARTS) is 1. The Labute approximate surface area is 270 Å². The van der Waals surface area contributed by atoms with Gasteiger partial charge in [0.15, 0.2) is 0 Å². The van der Waals surface area contributed by atoms with Crippen LogP contribution in [-0.2, 0) is 28.3 Å². The molecule has 0 spiro atoms. The summed E-state index contributed by atoms with van der Waals surface area (Å²) in [6.07, 6.45) is 5.57. The number of aliphatic carboxylic acids is 1. The fraction of sp³-hybridized carbons (Fsp3) is 0.133. The van der Waals surface area contributed by atoms with Gasteiger partial charge in [-0.05, 0) is 48.5 Å². The Bertz CT molecular complexity index is 2260. The van der Waals surface area contributed by atoms with Crippen LogP contribution in [0.3, 0.4) is 0 Å². The van der Waals surface area contributed by atoms with Crippen molar-refractivity contribution in [2.24, 2.45) is 12.0 Å². The highest BCUT2D eigenvalue weighted by Gasteiger charge is 2.26. The molecule has 1 aliphatic heterocycles. The predicted octanol–water partition coefficient (Wildman–Crippen LogP) is 1.93. The number of sulfonamides is 1. The van der Waals surface area contributed by atoms with Crippen LogP contribution >= 0.6 is 0 Å². The van der Waals surface area contributed by atoms with Crippen molar-refractivity contribution in [3.05, 3.63) is 106 Å². The highest BCUT2D eigenvalue weighted by atomic mass is 32.2. The van der Waals surface area contributed by atoms with E-state index in [0.29, 0.717) is 41.1 Å². The first kappa shape index (κ1) is 32.0. The number of aliphatic imine (C=N–C) groups is 1. The highest BCUT2D eigenvalue weighted by molar-refractivity contribution is 7.92. The zero-order chi connectivity index (χ0) is 34.2. The number of benzene rings is 2. The number of fused-ring (bicyclic) bond motifs is 1. The summed E-state index contributed by atoms with van der Waals surface area (Å²) in [5, 5.41) is 13.9. The van der Waals surface area contributed by atoms with Gasteiger partial charge in [-0.15, -0.1) is 0 Å². The summed E-state index contributed by atoms with van der Waals surface area (Å²) < 4.78 is 60.7. The van der Waals surface area contributed by atoms with Gasteiger partial charge in [0, 0.05) is 31.4 Å².